The maximum atomic E-state index is 11.4. The van der Waals surface area contributed by atoms with Gasteiger partial charge in [-0.15, -0.1) is 0 Å². The maximum absolute atomic E-state index is 11.4. The first-order valence-electron chi connectivity index (χ1n) is 9.49. The first-order valence-corrected chi connectivity index (χ1v) is 10.2. The summed E-state index contributed by atoms with van der Waals surface area (Å²) in [6.45, 7) is 0.831. The number of aliphatic imine (C=N–C) groups is 2. The van der Waals surface area contributed by atoms with Crippen LogP contribution in [0.5, 0.6) is 11.5 Å². The summed E-state index contributed by atoms with van der Waals surface area (Å²) in [5.74, 6) is 1.33. The summed E-state index contributed by atoms with van der Waals surface area (Å²) in [5, 5.41) is 23.8. The normalized spacial score (nSPS) is 10.7. The zero-order valence-electron chi connectivity index (χ0n) is 17.1. The first-order chi connectivity index (χ1) is 15.5. The van der Waals surface area contributed by atoms with E-state index < -0.39 is 0 Å². The molecule has 9 heteroatoms. The Hall–Kier alpha value is -2.96. The molecule has 0 saturated carbocycles. The van der Waals surface area contributed by atoms with Crippen molar-refractivity contribution in [2.45, 2.75) is 13.1 Å². The molecule has 4 aromatic rings. The molecule has 0 fully saturated rings. The van der Waals surface area contributed by atoms with E-state index in [0.717, 1.165) is 11.5 Å². The number of benzene rings is 2. The Bertz CT molecular complexity index is 1080. The molecule has 2 aromatic carbocycles. The van der Waals surface area contributed by atoms with Gasteiger partial charge < -0.3 is 19.0 Å². The summed E-state index contributed by atoms with van der Waals surface area (Å²) in [6.07, 6.45) is 6.19. The van der Waals surface area contributed by atoms with Gasteiger partial charge in [0, 0.05) is 22.5 Å². The zero-order valence-corrected chi connectivity index (χ0v) is 19.5. The van der Waals surface area contributed by atoms with Crippen molar-refractivity contribution in [3.05, 3.63) is 106 Å². The largest absolute Gasteiger partial charge is 2.00 e. The van der Waals surface area contributed by atoms with Crippen LogP contribution in [0.2, 0.25) is 10.0 Å². The van der Waals surface area contributed by atoms with Crippen LogP contribution in [0.25, 0.3) is 0 Å². The number of hydrogen-bond acceptors (Lipinski definition) is 6. The molecule has 2 heterocycles. The fraction of sp³-hybridized carbons (Fsp3) is 0.0833. The van der Waals surface area contributed by atoms with Crippen LogP contribution < -0.4 is 10.2 Å². The minimum atomic E-state index is -0.0902. The van der Waals surface area contributed by atoms with Gasteiger partial charge in [-0.1, -0.05) is 46.8 Å². The Balaban J connectivity index is 0.000000227. The Morgan fingerprint density at radius 1 is 0.697 bits per heavy atom. The molecule has 33 heavy (non-hydrogen) atoms. The van der Waals surface area contributed by atoms with Gasteiger partial charge in [-0.25, -0.2) is 0 Å². The van der Waals surface area contributed by atoms with E-state index in [4.69, 9.17) is 32.0 Å². The zero-order chi connectivity index (χ0) is 22.8. The van der Waals surface area contributed by atoms with Crippen LogP contribution in [0, 0.1) is 0 Å². The molecular formula is C24H18Cl2CuN2O4. The standard InChI is InChI=1S/2C12H10ClNO2.Cu/c2*13-10-3-4-12(15)9(6-10)7-14-8-11-2-1-5-16-11;/h2*1-7,15H,8H2;/q;;+2/p-2. The minimum absolute atomic E-state index is 0. The molecule has 0 bridgehead atoms. The van der Waals surface area contributed by atoms with E-state index in [1.54, 1.807) is 48.9 Å². The number of rotatable bonds is 6. The summed E-state index contributed by atoms with van der Waals surface area (Å²) < 4.78 is 10.2. The molecule has 2 aromatic heterocycles. The quantitative estimate of drug-likeness (QED) is 0.250. The first kappa shape index (κ1) is 26.3. The Kier molecular flexibility index (Phi) is 10.8. The molecule has 6 nitrogen and oxygen atoms in total. The molecule has 173 valence electrons. The summed E-state index contributed by atoms with van der Waals surface area (Å²) in [5.41, 5.74) is 0.970. The van der Waals surface area contributed by atoms with Gasteiger partial charge in [0.05, 0.1) is 25.6 Å². The second kappa shape index (κ2) is 13.6. The molecule has 0 unspecified atom stereocenters. The van der Waals surface area contributed by atoms with E-state index in [9.17, 15) is 10.2 Å². The van der Waals surface area contributed by atoms with Gasteiger partial charge in [0.2, 0.25) is 0 Å². The van der Waals surface area contributed by atoms with Crippen molar-refractivity contribution >= 4 is 35.6 Å². The molecule has 0 amide bonds. The maximum Gasteiger partial charge on any atom is 2.00 e. The molecule has 0 aliphatic rings. The van der Waals surface area contributed by atoms with Crippen molar-refractivity contribution < 1.29 is 36.1 Å². The molecule has 0 aliphatic heterocycles. The van der Waals surface area contributed by atoms with E-state index in [1.807, 2.05) is 12.1 Å². The monoisotopic (exact) mass is 531 g/mol. The van der Waals surface area contributed by atoms with Crippen LogP contribution in [0.4, 0.5) is 0 Å². The molecule has 0 aliphatic carbocycles. The SMILES string of the molecule is [Cu+2].[O-]c1ccc(Cl)cc1C=NCc1ccco1.[O-]c1ccc(Cl)cc1C=NCc1ccco1. The average molecular weight is 533 g/mol. The Morgan fingerprint density at radius 2 is 1.12 bits per heavy atom. The second-order valence-corrected chi connectivity index (χ2v) is 7.34. The fourth-order valence-corrected chi connectivity index (χ4v) is 2.87. The summed E-state index contributed by atoms with van der Waals surface area (Å²) in [4.78, 5) is 8.22. The van der Waals surface area contributed by atoms with Gasteiger partial charge >= 0.3 is 17.1 Å². The van der Waals surface area contributed by atoms with Crippen LogP contribution in [0.3, 0.4) is 0 Å². The van der Waals surface area contributed by atoms with Gasteiger partial charge in [0.15, 0.2) is 0 Å². The second-order valence-electron chi connectivity index (χ2n) is 6.46. The predicted octanol–water partition coefficient (Wildman–Crippen LogP) is 5.25. The van der Waals surface area contributed by atoms with Gasteiger partial charge in [-0.05, 0) is 59.7 Å². The summed E-state index contributed by atoms with van der Waals surface area (Å²) in [7, 11) is 0. The molecule has 0 saturated heterocycles. The Morgan fingerprint density at radius 3 is 1.48 bits per heavy atom. The van der Waals surface area contributed by atoms with Gasteiger partial charge in [0.25, 0.3) is 0 Å². The van der Waals surface area contributed by atoms with Gasteiger partial charge in [0.1, 0.15) is 11.5 Å². The average Bonchev–Trinajstić information content (AvgIpc) is 3.48. The Labute approximate surface area is 211 Å². The van der Waals surface area contributed by atoms with Crippen LogP contribution in [-0.4, -0.2) is 12.4 Å². The molecule has 4 rings (SSSR count). The van der Waals surface area contributed by atoms with Crippen LogP contribution in [0.1, 0.15) is 22.6 Å². The van der Waals surface area contributed by atoms with E-state index in [1.165, 1.54) is 24.6 Å². The summed E-state index contributed by atoms with van der Waals surface area (Å²) in [6, 6.07) is 16.4. The van der Waals surface area contributed by atoms with Crippen molar-refractivity contribution in [2.75, 3.05) is 0 Å². The summed E-state index contributed by atoms with van der Waals surface area (Å²) >= 11 is 11.6. The van der Waals surface area contributed by atoms with Crippen molar-refractivity contribution in [1.29, 1.82) is 0 Å². The van der Waals surface area contributed by atoms with Gasteiger partial charge in [-0.2, -0.15) is 0 Å². The number of halogens is 2. The third-order valence-corrected chi connectivity index (χ3v) is 4.53. The van der Waals surface area contributed by atoms with Crippen molar-refractivity contribution in [2.24, 2.45) is 9.98 Å². The number of furan rings is 2. The van der Waals surface area contributed by atoms with E-state index in [2.05, 4.69) is 9.98 Å². The van der Waals surface area contributed by atoms with E-state index in [0.29, 0.717) is 34.3 Å². The topological polar surface area (TPSA) is 97.1 Å². The molecule has 0 spiro atoms. The third kappa shape index (κ3) is 8.83. The predicted molar refractivity (Wildman–Crippen MR) is 122 cm³/mol. The minimum Gasteiger partial charge on any atom is -0.872 e. The molecule has 0 N–H and O–H groups in total. The van der Waals surface area contributed by atoms with E-state index >= 15 is 0 Å². The van der Waals surface area contributed by atoms with Crippen LogP contribution in [0.15, 0.2) is 92.0 Å². The van der Waals surface area contributed by atoms with E-state index in [-0.39, 0.29) is 28.6 Å². The van der Waals surface area contributed by atoms with Crippen molar-refractivity contribution in [3.63, 3.8) is 0 Å². The number of nitrogens with zero attached hydrogens (tertiary/aromatic N) is 2. The van der Waals surface area contributed by atoms with Crippen LogP contribution >= 0.6 is 23.2 Å². The van der Waals surface area contributed by atoms with Crippen molar-refractivity contribution in [1.82, 2.24) is 0 Å². The van der Waals surface area contributed by atoms with Crippen molar-refractivity contribution in [3.8, 4) is 11.5 Å². The molecule has 1 radical (unpaired) electrons. The smallest absolute Gasteiger partial charge is 0.872 e. The molecular weight excluding hydrogens is 515 g/mol. The van der Waals surface area contributed by atoms with Crippen LogP contribution in [-0.2, 0) is 30.2 Å². The third-order valence-electron chi connectivity index (χ3n) is 4.06. The molecule has 0 atom stereocenters. The van der Waals surface area contributed by atoms with Gasteiger partial charge in [-0.3, -0.25) is 9.98 Å². The fourth-order valence-electron chi connectivity index (χ4n) is 2.51. The number of hydrogen-bond donors (Lipinski definition) is 0.